The molecule has 21 heavy (non-hydrogen) atoms. The largest absolute Gasteiger partial charge is 0.436 e. The molecule has 3 heterocycles. The Morgan fingerprint density at radius 3 is 2.90 bits per heavy atom. The van der Waals surface area contributed by atoms with Gasteiger partial charge in [0.05, 0.1) is 16.6 Å². The van der Waals surface area contributed by atoms with Gasteiger partial charge in [-0.2, -0.15) is 4.98 Å². The maximum Gasteiger partial charge on any atom is 0.232 e. The molecule has 7 heteroatoms. The van der Waals surface area contributed by atoms with Crippen LogP contribution in [0.3, 0.4) is 0 Å². The molecule has 0 aliphatic carbocycles. The van der Waals surface area contributed by atoms with Gasteiger partial charge in [0.1, 0.15) is 10.6 Å². The van der Waals surface area contributed by atoms with Crippen LogP contribution in [0.4, 0.5) is 5.95 Å². The third-order valence-corrected chi connectivity index (χ3v) is 3.86. The number of rotatable bonds is 4. The maximum absolute atomic E-state index is 5.93. The van der Waals surface area contributed by atoms with E-state index in [-0.39, 0.29) is 0 Å². The van der Waals surface area contributed by atoms with Crippen LogP contribution in [0.15, 0.2) is 24.5 Å². The van der Waals surface area contributed by atoms with Gasteiger partial charge in [-0.25, -0.2) is 4.98 Å². The van der Waals surface area contributed by atoms with E-state index in [2.05, 4.69) is 20.3 Å². The molecule has 0 radical (unpaired) electrons. The highest BCUT2D eigenvalue weighted by Gasteiger charge is 2.12. The predicted molar refractivity (Wildman–Crippen MR) is 85.6 cm³/mol. The van der Waals surface area contributed by atoms with Gasteiger partial charge in [0, 0.05) is 23.7 Å². The quantitative estimate of drug-likeness (QED) is 0.777. The zero-order valence-electron chi connectivity index (χ0n) is 11.6. The average molecular weight is 321 g/mol. The van der Waals surface area contributed by atoms with Gasteiger partial charge in [0.25, 0.3) is 0 Å². The summed E-state index contributed by atoms with van der Waals surface area (Å²) in [5, 5.41) is 4.52. The maximum atomic E-state index is 5.93. The third-order valence-electron chi connectivity index (χ3n) is 2.71. The molecular formula is C14H13ClN4OS. The van der Waals surface area contributed by atoms with Crippen LogP contribution in [0, 0.1) is 6.92 Å². The van der Waals surface area contributed by atoms with E-state index in [1.54, 1.807) is 29.8 Å². The summed E-state index contributed by atoms with van der Waals surface area (Å²) < 4.78 is 5.84. The first kappa shape index (κ1) is 14.0. The van der Waals surface area contributed by atoms with Crippen LogP contribution in [-0.2, 0) is 0 Å². The predicted octanol–water partition coefficient (Wildman–Crippen LogP) is 4.27. The smallest absolute Gasteiger partial charge is 0.232 e. The monoisotopic (exact) mass is 320 g/mol. The molecular weight excluding hydrogens is 308 g/mol. The number of fused-ring (bicyclic) bond motifs is 1. The Labute approximate surface area is 131 Å². The van der Waals surface area contributed by atoms with Crippen LogP contribution < -0.4 is 10.1 Å². The molecule has 0 saturated carbocycles. The first-order chi connectivity index (χ1) is 10.2. The molecule has 3 rings (SSSR count). The van der Waals surface area contributed by atoms with Gasteiger partial charge in [-0.05, 0) is 19.9 Å². The summed E-state index contributed by atoms with van der Waals surface area (Å²) in [5.41, 5.74) is 0. The molecule has 108 valence electrons. The normalized spacial score (nSPS) is 10.8. The van der Waals surface area contributed by atoms with Gasteiger partial charge in [-0.3, -0.25) is 4.98 Å². The molecule has 0 amide bonds. The summed E-state index contributed by atoms with van der Waals surface area (Å²) in [6.07, 6.45) is 3.16. The molecule has 0 bridgehead atoms. The lowest BCUT2D eigenvalue weighted by Gasteiger charge is -2.08. The summed E-state index contributed by atoms with van der Waals surface area (Å²) in [5.74, 6) is 1.61. The van der Waals surface area contributed by atoms with Crippen LogP contribution in [0.25, 0.3) is 10.2 Å². The van der Waals surface area contributed by atoms with Crippen LogP contribution in [0.5, 0.6) is 11.6 Å². The van der Waals surface area contributed by atoms with Crippen molar-refractivity contribution in [1.82, 2.24) is 15.0 Å². The summed E-state index contributed by atoms with van der Waals surface area (Å²) in [6.45, 7) is 4.77. The lowest BCUT2D eigenvalue weighted by atomic mass is 10.3. The Morgan fingerprint density at radius 1 is 1.29 bits per heavy atom. The van der Waals surface area contributed by atoms with E-state index in [0.717, 1.165) is 21.6 Å². The Kier molecular flexibility index (Phi) is 3.90. The zero-order chi connectivity index (χ0) is 14.8. The van der Waals surface area contributed by atoms with Crippen molar-refractivity contribution < 1.29 is 4.74 Å². The summed E-state index contributed by atoms with van der Waals surface area (Å²) in [6, 6.07) is 3.72. The van der Waals surface area contributed by atoms with E-state index in [9.17, 15) is 0 Å². The van der Waals surface area contributed by atoms with Crippen molar-refractivity contribution in [3.05, 3.63) is 34.4 Å². The van der Waals surface area contributed by atoms with Crippen molar-refractivity contribution >= 4 is 39.1 Å². The van der Waals surface area contributed by atoms with Crippen LogP contribution in [0.1, 0.15) is 11.8 Å². The van der Waals surface area contributed by atoms with E-state index in [1.165, 1.54) is 0 Å². The number of thiophene rings is 1. The van der Waals surface area contributed by atoms with Gasteiger partial charge >= 0.3 is 0 Å². The van der Waals surface area contributed by atoms with E-state index in [0.29, 0.717) is 22.6 Å². The Morgan fingerprint density at radius 2 is 2.14 bits per heavy atom. The second-order valence-electron chi connectivity index (χ2n) is 4.40. The third kappa shape index (κ3) is 3.06. The lowest BCUT2D eigenvalue weighted by molar-refractivity contribution is 0.467. The number of ether oxygens (including phenoxy) is 1. The zero-order valence-corrected chi connectivity index (χ0v) is 13.1. The number of nitrogens with one attached hydrogen (secondary N) is 1. The van der Waals surface area contributed by atoms with Crippen molar-refractivity contribution in [2.75, 3.05) is 11.9 Å². The molecule has 3 aromatic heterocycles. The first-order valence-electron chi connectivity index (χ1n) is 6.46. The van der Waals surface area contributed by atoms with Gasteiger partial charge in [0.15, 0.2) is 0 Å². The van der Waals surface area contributed by atoms with E-state index < -0.39 is 0 Å². The van der Waals surface area contributed by atoms with Crippen molar-refractivity contribution in [1.29, 1.82) is 0 Å². The highest BCUT2D eigenvalue weighted by atomic mass is 35.5. The molecule has 0 aliphatic heterocycles. The number of pyridine rings is 1. The summed E-state index contributed by atoms with van der Waals surface area (Å²) >= 11 is 7.54. The molecule has 1 N–H and O–H groups in total. The minimum atomic E-state index is 0.504. The molecule has 0 spiro atoms. The fraction of sp³-hybridized carbons (Fsp3) is 0.214. The SMILES string of the molecule is CCNc1nc(Oc2cncc(Cl)c2)c2cc(C)sc2n1. The number of aromatic nitrogens is 3. The van der Waals surface area contributed by atoms with Crippen molar-refractivity contribution in [3.8, 4) is 11.6 Å². The number of halogens is 1. The van der Waals surface area contributed by atoms with Crippen LogP contribution in [-0.4, -0.2) is 21.5 Å². The molecule has 0 aromatic carbocycles. The fourth-order valence-electron chi connectivity index (χ4n) is 1.89. The first-order valence-corrected chi connectivity index (χ1v) is 7.65. The average Bonchev–Trinajstić information content (AvgIpc) is 2.80. The van der Waals surface area contributed by atoms with Gasteiger partial charge < -0.3 is 10.1 Å². The molecule has 0 aliphatic rings. The Balaban J connectivity index is 2.06. The number of aryl methyl sites for hydroxylation is 1. The van der Waals surface area contributed by atoms with Crippen molar-refractivity contribution in [2.45, 2.75) is 13.8 Å². The Hall–Kier alpha value is -1.92. The van der Waals surface area contributed by atoms with E-state index in [4.69, 9.17) is 16.3 Å². The van der Waals surface area contributed by atoms with Gasteiger partial charge in [-0.15, -0.1) is 11.3 Å². The summed E-state index contributed by atoms with van der Waals surface area (Å²) in [4.78, 5) is 15.0. The standard InChI is InChI=1S/C14H13ClN4OS/c1-3-17-14-18-12(11-4-8(2)21-13(11)19-14)20-10-5-9(15)6-16-7-10/h4-7H,3H2,1-2H3,(H,17,18,19). The number of hydrogen-bond acceptors (Lipinski definition) is 6. The highest BCUT2D eigenvalue weighted by molar-refractivity contribution is 7.18. The number of anilines is 1. The summed E-state index contributed by atoms with van der Waals surface area (Å²) in [7, 11) is 0. The number of nitrogens with zero attached hydrogens (tertiary/aromatic N) is 3. The molecule has 0 unspecified atom stereocenters. The van der Waals surface area contributed by atoms with E-state index >= 15 is 0 Å². The number of hydrogen-bond donors (Lipinski definition) is 1. The Bertz CT molecular complexity index is 790. The molecule has 5 nitrogen and oxygen atoms in total. The second kappa shape index (κ2) is 5.83. The molecule has 0 saturated heterocycles. The second-order valence-corrected chi connectivity index (χ2v) is 6.07. The van der Waals surface area contributed by atoms with Crippen LogP contribution in [0.2, 0.25) is 5.02 Å². The lowest BCUT2D eigenvalue weighted by Crippen LogP contribution is -2.02. The van der Waals surface area contributed by atoms with E-state index in [1.807, 2.05) is 19.9 Å². The molecule has 3 aromatic rings. The van der Waals surface area contributed by atoms with Crippen molar-refractivity contribution in [2.24, 2.45) is 0 Å². The minimum absolute atomic E-state index is 0.504. The van der Waals surface area contributed by atoms with Crippen LogP contribution >= 0.6 is 22.9 Å². The topological polar surface area (TPSA) is 59.9 Å². The molecule has 0 atom stereocenters. The van der Waals surface area contributed by atoms with Gasteiger partial charge in [0.2, 0.25) is 11.8 Å². The molecule has 0 fully saturated rings. The van der Waals surface area contributed by atoms with Gasteiger partial charge in [-0.1, -0.05) is 11.6 Å². The van der Waals surface area contributed by atoms with Crippen molar-refractivity contribution in [3.63, 3.8) is 0 Å². The highest BCUT2D eigenvalue weighted by Crippen LogP contribution is 2.33. The fourth-order valence-corrected chi connectivity index (χ4v) is 2.92. The minimum Gasteiger partial charge on any atom is -0.436 e.